The Labute approximate surface area is 191 Å². The summed E-state index contributed by atoms with van der Waals surface area (Å²) in [5, 5.41) is 0. The Bertz CT molecular complexity index is 1150. The summed E-state index contributed by atoms with van der Waals surface area (Å²) >= 11 is 0. The van der Waals surface area contributed by atoms with Gasteiger partial charge in [0, 0.05) is 42.2 Å². The van der Waals surface area contributed by atoms with Crippen molar-refractivity contribution < 1.29 is 4.74 Å². The molecule has 3 heteroatoms. The van der Waals surface area contributed by atoms with Crippen LogP contribution in [0, 0.1) is 6.92 Å². The zero-order valence-electron chi connectivity index (χ0n) is 18.9. The van der Waals surface area contributed by atoms with Gasteiger partial charge in [-0.1, -0.05) is 42.5 Å². The van der Waals surface area contributed by atoms with E-state index in [0.29, 0.717) is 0 Å². The van der Waals surface area contributed by atoms with Gasteiger partial charge in [-0.3, -0.25) is 9.97 Å². The second-order valence-electron chi connectivity index (χ2n) is 8.32. The minimum absolute atomic E-state index is 0.784. The highest BCUT2D eigenvalue weighted by molar-refractivity contribution is 5.40. The lowest BCUT2D eigenvalue weighted by Gasteiger charge is -2.11. The number of methoxy groups -OCH3 is 1. The first-order chi connectivity index (χ1) is 15.7. The fourth-order valence-electron chi connectivity index (χ4n) is 4.06. The average Bonchev–Trinajstić information content (AvgIpc) is 2.81. The molecular weight excluding hydrogens is 392 g/mol. The predicted molar refractivity (Wildman–Crippen MR) is 130 cm³/mol. The first-order valence-corrected chi connectivity index (χ1v) is 11.2. The summed E-state index contributed by atoms with van der Waals surface area (Å²) in [6.07, 6.45) is 8.63. The summed E-state index contributed by atoms with van der Waals surface area (Å²) in [7, 11) is 1.75. The maximum absolute atomic E-state index is 5.69. The van der Waals surface area contributed by atoms with E-state index in [2.05, 4.69) is 77.6 Å². The van der Waals surface area contributed by atoms with Crippen LogP contribution in [-0.2, 0) is 25.7 Å². The number of benzene rings is 2. The quantitative estimate of drug-likeness (QED) is 0.324. The van der Waals surface area contributed by atoms with Gasteiger partial charge < -0.3 is 4.74 Å². The molecule has 2 aromatic carbocycles. The van der Waals surface area contributed by atoms with Gasteiger partial charge in [-0.25, -0.2) is 0 Å². The monoisotopic (exact) mass is 422 g/mol. The molecule has 0 unspecified atom stereocenters. The third kappa shape index (κ3) is 6.04. The van der Waals surface area contributed by atoms with E-state index in [1.807, 2.05) is 24.5 Å². The molecule has 0 saturated carbocycles. The van der Waals surface area contributed by atoms with Gasteiger partial charge in [0.05, 0.1) is 7.11 Å². The van der Waals surface area contributed by atoms with Crippen LogP contribution in [0.2, 0.25) is 0 Å². The molecule has 2 aromatic heterocycles. The van der Waals surface area contributed by atoms with E-state index in [4.69, 9.17) is 4.74 Å². The van der Waals surface area contributed by atoms with Gasteiger partial charge in [0.15, 0.2) is 0 Å². The first-order valence-electron chi connectivity index (χ1n) is 11.2. The molecule has 0 amide bonds. The van der Waals surface area contributed by atoms with Gasteiger partial charge in [-0.15, -0.1) is 0 Å². The molecule has 4 rings (SSSR count). The molecule has 0 saturated heterocycles. The maximum Gasteiger partial charge on any atom is 0.122 e. The van der Waals surface area contributed by atoms with Crippen LogP contribution in [0.4, 0.5) is 0 Å². The normalized spacial score (nSPS) is 10.8. The summed E-state index contributed by atoms with van der Waals surface area (Å²) in [4.78, 5) is 9.04. The molecule has 0 bridgehead atoms. The number of nitrogens with zero attached hydrogens (tertiary/aromatic N) is 2. The Balaban J connectivity index is 1.35. The molecule has 0 spiro atoms. The van der Waals surface area contributed by atoms with E-state index in [9.17, 15) is 0 Å². The number of ether oxygens (including phenoxy) is 1. The van der Waals surface area contributed by atoms with E-state index >= 15 is 0 Å². The third-order valence-electron chi connectivity index (χ3n) is 5.74. The van der Waals surface area contributed by atoms with Crippen molar-refractivity contribution in [2.24, 2.45) is 0 Å². The van der Waals surface area contributed by atoms with E-state index in [0.717, 1.165) is 49.2 Å². The maximum atomic E-state index is 5.69. The second kappa shape index (κ2) is 10.7. The molecule has 0 fully saturated rings. The van der Waals surface area contributed by atoms with Crippen molar-refractivity contribution in [3.05, 3.63) is 124 Å². The topological polar surface area (TPSA) is 35.0 Å². The number of hydrogen-bond acceptors (Lipinski definition) is 3. The van der Waals surface area contributed by atoms with Crippen molar-refractivity contribution >= 4 is 0 Å². The highest BCUT2D eigenvalue weighted by Gasteiger charge is 2.08. The van der Waals surface area contributed by atoms with Crippen LogP contribution in [-0.4, -0.2) is 17.1 Å². The van der Waals surface area contributed by atoms with E-state index in [1.54, 1.807) is 7.11 Å². The Kier molecular flexibility index (Phi) is 7.29. The number of aryl methyl sites for hydroxylation is 3. The number of pyridine rings is 2. The molecule has 0 aliphatic rings. The van der Waals surface area contributed by atoms with Crippen LogP contribution in [0.5, 0.6) is 5.75 Å². The van der Waals surface area contributed by atoms with Crippen molar-refractivity contribution in [2.75, 3.05) is 7.11 Å². The minimum Gasteiger partial charge on any atom is -0.496 e. The fourth-order valence-corrected chi connectivity index (χ4v) is 4.06. The molecule has 162 valence electrons. The molecule has 0 radical (unpaired) electrons. The van der Waals surface area contributed by atoms with Gasteiger partial charge in [-0.05, 0) is 78.8 Å². The highest BCUT2D eigenvalue weighted by atomic mass is 16.5. The Morgan fingerprint density at radius 1 is 0.688 bits per heavy atom. The predicted octanol–water partition coefficient (Wildman–Crippen LogP) is 6.15. The number of aromatic nitrogens is 2. The molecule has 0 atom stereocenters. The largest absolute Gasteiger partial charge is 0.496 e. The zero-order chi connectivity index (χ0) is 22.2. The Hall–Kier alpha value is -3.46. The Morgan fingerprint density at radius 3 is 2.16 bits per heavy atom. The Morgan fingerprint density at radius 2 is 1.41 bits per heavy atom. The highest BCUT2D eigenvalue weighted by Crippen LogP contribution is 2.24. The molecule has 2 heterocycles. The van der Waals surface area contributed by atoms with Crippen LogP contribution in [0.3, 0.4) is 0 Å². The summed E-state index contributed by atoms with van der Waals surface area (Å²) in [6.45, 7) is 2.10. The molecule has 32 heavy (non-hydrogen) atoms. The zero-order valence-corrected chi connectivity index (χ0v) is 18.9. The number of rotatable bonds is 9. The third-order valence-corrected chi connectivity index (χ3v) is 5.74. The van der Waals surface area contributed by atoms with Crippen LogP contribution < -0.4 is 4.74 Å². The molecule has 0 aliphatic heterocycles. The lowest BCUT2D eigenvalue weighted by molar-refractivity contribution is 0.410. The lowest BCUT2D eigenvalue weighted by Crippen LogP contribution is -1.99. The SMILES string of the molecule is COc1cc(CCCc2ccnc(Cc3ccccc3)c2)ccc1Cc1cc(C)ccn1. The molecule has 0 N–H and O–H groups in total. The summed E-state index contributed by atoms with van der Waals surface area (Å²) in [6, 6.07) is 25.6. The van der Waals surface area contributed by atoms with Crippen LogP contribution >= 0.6 is 0 Å². The molecular formula is C29H30N2O. The smallest absolute Gasteiger partial charge is 0.122 e. The standard InChI is InChI=1S/C29H30N2O/c1-22-13-15-30-27(17-22)21-26-12-11-24(20-29(26)32-2)9-6-10-25-14-16-31-28(19-25)18-23-7-4-3-5-8-23/h3-5,7-8,11-17,19-20H,6,9-10,18,21H2,1-2H3. The van der Waals surface area contributed by atoms with E-state index in [1.165, 1.54) is 27.8 Å². The van der Waals surface area contributed by atoms with Crippen molar-refractivity contribution in [2.45, 2.75) is 39.0 Å². The minimum atomic E-state index is 0.784. The molecule has 3 nitrogen and oxygen atoms in total. The summed E-state index contributed by atoms with van der Waals surface area (Å²) in [5.41, 5.74) is 8.55. The van der Waals surface area contributed by atoms with Crippen molar-refractivity contribution in [1.29, 1.82) is 0 Å². The second-order valence-corrected chi connectivity index (χ2v) is 8.32. The summed E-state index contributed by atoms with van der Waals surface area (Å²) in [5.74, 6) is 0.944. The van der Waals surface area contributed by atoms with E-state index in [-0.39, 0.29) is 0 Å². The number of hydrogen-bond donors (Lipinski definition) is 0. The lowest BCUT2D eigenvalue weighted by atomic mass is 10.00. The average molecular weight is 423 g/mol. The van der Waals surface area contributed by atoms with Crippen molar-refractivity contribution in [3.63, 3.8) is 0 Å². The van der Waals surface area contributed by atoms with Crippen LogP contribution in [0.15, 0.2) is 85.2 Å². The van der Waals surface area contributed by atoms with Crippen molar-refractivity contribution in [1.82, 2.24) is 9.97 Å². The van der Waals surface area contributed by atoms with Crippen LogP contribution in [0.25, 0.3) is 0 Å². The van der Waals surface area contributed by atoms with E-state index < -0.39 is 0 Å². The van der Waals surface area contributed by atoms with Gasteiger partial charge in [0.2, 0.25) is 0 Å². The van der Waals surface area contributed by atoms with Gasteiger partial charge in [-0.2, -0.15) is 0 Å². The first kappa shape index (κ1) is 21.8. The van der Waals surface area contributed by atoms with Gasteiger partial charge >= 0.3 is 0 Å². The van der Waals surface area contributed by atoms with Crippen LogP contribution in [0.1, 0.15) is 45.6 Å². The summed E-state index contributed by atoms with van der Waals surface area (Å²) < 4.78 is 5.69. The fraction of sp³-hybridized carbons (Fsp3) is 0.241. The van der Waals surface area contributed by atoms with Gasteiger partial charge in [0.1, 0.15) is 5.75 Å². The van der Waals surface area contributed by atoms with Gasteiger partial charge in [0.25, 0.3) is 0 Å². The van der Waals surface area contributed by atoms with Crippen molar-refractivity contribution in [3.8, 4) is 5.75 Å². The molecule has 4 aromatic rings. The molecule has 0 aliphatic carbocycles.